The van der Waals surface area contributed by atoms with Crippen molar-refractivity contribution >= 4 is 29.1 Å². The third-order valence-electron chi connectivity index (χ3n) is 11.6. The number of hydrogen-bond acceptors (Lipinski definition) is 6. The minimum Gasteiger partial charge on any atom is -0.368 e. The molecule has 288 valence electrons. The van der Waals surface area contributed by atoms with Crippen molar-refractivity contribution in [2.24, 2.45) is 5.92 Å². The summed E-state index contributed by atoms with van der Waals surface area (Å²) in [5.41, 5.74) is 7.37. The first kappa shape index (κ1) is 37.2. The Morgan fingerprint density at radius 3 is 2.05 bits per heavy atom. The lowest BCUT2D eigenvalue weighted by Crippen LogP contribution is -2.49. The molecule has 4 aromatic carbocycles. The molecule has 5 aromatic rings. The number of amides is 3. The van der Waals surface area contributed by atoms with Gasteiger partial charge in [0.1, 0.15) is 11.9 Å². The molecule has 1 aromatic heterocycles. The van der Waals surface area contributed by atoms with Crippen LogP contribution >= 0.6 is 0 Å². The summed E-state index contributed by atoms with van der Waals surface area (Å²) in [6.07, 6.45) is 5.84. The van der Waals surface area contributed by atoms with Crippen LogP contribution < -0.4 is 10.2 Å². The fraction of sp³-hybridized carbons (Fsp3) is 0.348. The molecule has 0 radical (unpaired) electrons. The summed E-state index contributed by atoms with van der Waals surface area (Å²) in [5, 5.41) is 3.03. The minimum atomic E-state index is -0.319. The van der Waals surface area contributed by atoms with Gasteiger partial charge >= 0.3 is 0 Å². The predicted octanol–water partition coefficient (Wildman–Crippen LogP) is 7.80. The largest absolute Gasteiger partial charge is 0.368 e. The molecule has 2 N–H and O–H groups in total. The summed E-state index contributed by atoms with van der Waals surface area (Å²) >= 11 is 0. The number of H-pyrrole nitrogens is 1. The third-order valence-corrected chi connectivity index (χ3v) is 11.6. The molecule has 10 heteroatoms. The topological polar surface area (TPSA) is 105 Å². The van der Waals surface area contributed by atoms with Gasteiger partial charge in [-0.05, 0) is 91.9 Å². The third kappa shape index (κ3) is 7.97. The Morgan fingerprint density at radius 2 is 1.41 bits per heavy atom. The van der Waals surface area contributed by atoms with Crippen LogP contribution in [-0.4, -0.2) is 88.2 Å². The number of hydrogen-bond donors (Lipinski definition) is 2. The number of carbonyl (C=O) groups excluding carboxylic acids is 3. The SMILES string of the molecule is CCN(CC)[C@@H](C(=O)N1CCC[C@H]1c1nc(-c2ccc(-c3ccc(NC(=O)c4ccc(N5CCN(C(=O)C6CC6)CC5)cc4)cc3)cc2)c[nH]1)c1ccccc1. The van der Waals surface area contributed by atoms with E-state index >= 15 is 0 Å². The standard InChI is InChI=1S/C46H51N7O3/c1-3-50(4-2)42(35-9-6-5-7-10-35)46(56)53-26-8-11-41(53)43-47-31-40(49-43)34-14-12-32(13-15-34)33-18-22-38(23-19-33)48-44(54)36-20-24-39(25-21-36)51-27-29-52(30-28-51)45(55)37-16-17-37/h5-7,9-10,12-15,18-25,31,37,41-42H,3-4,8,11,16-17,26-30H2,1-2H3,(H,47,49)(H,48,54)/t41-,42+/m0/s1. The lowest BCUT2D eigenvalue weighted by atomic mass is 10.0. The molecule has 0 spiro atoms. The highest BCUT2D eigenvalue weighted by molar-refractivity contribution is 6.04. The van der Waals surface area contributed by atoms with Crippen LogP contribution in [0.1, 0.15) is 73.4 Å². The second-order valence-electron chi connectivity index (χ2n) is 15.1. The highest BCUT2D eigenvalue weighted by Gasteiger charge is 2.38. The summed E-state index contributed by atoms with van der Waals surface area (Å²) in [4.78, 5) is 56.6. The van der Waals surface area contributed by atoms with Crippen LogP contribution in [0.5, 0.6) is 0 Å². The Morgan fingerprint density at radius 1 is 0.768 bits per heavy atom. The Labute approximate surface area is 329 Å². The number of benzene rings is 4. The van der Waals surface area contributed by atoms with Crippen molar-refractivity contribution < 1.29 is 14.4 Å². The van der Waals surface area contributed by atoms with E-state index in [2.05, 4.69) is 70.3 Å². The second-order valence-corrected chi connectivity index (χ2v) is 15.1. The molecule has 56 heavy (non-hydrogen) atoms. The van der Waals surface area contributed by atoms with Gasteiger partial charge in [0.25, 0.3) is 5.91 Å². The van der Waals surface area contributed by atoms with Gasteiger partial charge in [-0.25, -0.2) is 4.98 Å². The lowest BCUT2D eigenvalue weighted by Gasteiger charge is -2.36. The molecular formula is C46H51N7O3. The van der Waals surface area contributed by atoms with E-state index in [4.69, 9.17) is 4.98 Å². The van der Waals surface area contributed by atoms with Gasteiger partial charge in [0.05, 0.1) is 11.7 Å². The van der Waals surface area contributed by atoms with Gasteiger partial charge in [-0.15, -0.1) is 0 Å². The van der Waals surface area contributed by atoms with Crippen molar-refractivity contribution in [1.29, 1.82) is 0 Å². The number of imidazole rings is 1. The Bertz CT molecular complexity index is 2120. The van der Waals surface area contributed by atoms with Crippen LogP contribution in [-0.2, 0) is 9.59 Å². The maximum Gasteiger partial charge on any atom is 0.255 e. The predicted molar refractivity (Wildman–Crippen MR) is 221 cm³/mol. The van der Waals surface area contributed by atoms with E-state index in [0.717, 1.165) is 117 Å². The van der Waals surface area contributed by atoms with Gasteiger partial charge in [0.2, 0.25) is 11.8 Å². The smallest absolute Gasteiger partial charge is 0.255 e. The molecule has 0 bridgehead atoms. The van der Waals surface area contributed by atoms with E-state index in [1.165, 1.54) is 0 Å². The number of piperazine rings is 1. The van der Waals surface area contributed by atoms with Crippen LogP contribution in [0, 0.1) is 5.92 Å². The molecule has 3 fully saturated rings. The van der Waals surface area contributed by atoms with Crippen molar-refractivity contribution in [3.63, 3.8) is 0 Å². The molecule has 10 nitrogen and oxygen atoms in total. The number of rotatable bonds is 12. The number of likely N-dealkylation sites (N-methyl/N-ethyl adjacent to an activating group) is 1. The van der Waals surface area contributed by atoms with Crippen LogP contribution in [0.3, 0.4) is 0 Å². The molecular weight excluding hydrogens is 699 g/mol. The fourth-order valence-electron chi connectivity index (χ4n) is 8.24. The molecule has 3 aliphatic rings. The maximum atomic E-state index is 14.2. The molecule has 0 unspecified atom stereocenters. The quantitative estimate of drug-likeness (QED) is 0.135. The number of carbonyl (C=O) groups is 3. The van der Waals surface area contributed by atoms with E-state index in [1.807, 2.05) is 82.7 Å². The number of aromatic amines is 1. The number of likely N-dealkylation sites (tertiary alicyclic amines) is 1. The Kier molecular flexibility index (Phi) is 11.0. The highest BCUT2D eigenvalue weighted by atomic mass is 16.2. The van der Waals surface area contributed by atoms with E-state index < -0.39 is 0 Å². The average molecular weight is 750 g/mol. The number of anilines is 2. The maximum absolute atomic E-state index is 14.2. The molecule has 3 amide bonds. The van der Waals surface area contributed by atoms with Gasteiger partial charge in [0, 0.05) is 67.3 Å². The van der Waals surface area contributed by atoms with Crippen molar-refractivity contribution in [3.05, 3.63) is 126 Å². The first-order valence-electron chi connectivity index (χ1n) is 20.2. The Balaban J connectivity index is 0.870. The monoisotopic (exact) mass is 749 g/mol. The summed E-state index contributed by atoms with van der Waals surface area (Å²) < 4.78 is 0. The summed E-state index contributed by atoms with van der Waals surface area (Å²) in [6, 6.07) is 33.6. The van der Waals surface area contributed by atoms with Crippen LogP contribution in [0.25, 0.3) is 22.4 Å². The average Bonchev–Trinajstić information content (AvgIpc) is 3.78. The second kappa shape index (κ2) is 16.5. The number of aromatic nitrogens is 2. The van der Waals surface area contributed by atoms with Gasteiger partial charge < -0.3 is 25.0 Å². The summed E-state index contributed by atoms with van der Waals surface area (Å²) in [5.74, 6) is 1.38. The lowest BCUT2D eigenvalue weighted by molar-refractivity contribution is -0.138. The van der Waals surface area contributed by atoms with Gasteiger partial charge in [-0.1, -0.05) is 80.6 Å². The minimum absolute atomic E-state index is 0.0905. The normalized spacial score (nSPS) is 17.6. The molecule has 2 atom stereocenters. The first-order chi connectivity index (χ1) is 27.4. The fourth-order valence-corrected chi connectivity index (χ4v) is 8.24. The van der Waals surface area contributed by atoms with Gasteiger partial charge in [-0.3, -0.25) is 19.3 Å². The Hall–Kier alpha value is -5.74. The van der Waals surface area contributed by atoms with Crippen molar-refractivity contribution in [2.45, 2.75) is 51.6 Å². The highest BCUT2D eigenvalue weighted by Crippen LogP contribution is 2.36. The molecule has 2 aliphatic heterocycles. The molecule has 1 saturated carbocycles. The zero-order chi connectivity index (χ0) is 38.6. The first-order valence-corrected chi connectivity index (χ1v) is 20.2. The molecule has 3 heterocycles. The molecule has 1 aliphatic carbocycles. The van der Waals surface area contributed by atoms with Crippen molar-refractivity contribution in [1.82, 2.24) is 24.7 Å². The molecule has 2 saturated heterocycles. The van der Waals surface area contributed by atoms with E-state index in [0.29, 0.717) is 11.5 Å². The van der Waals surface area contributed by atoms with Gasteiger partial charge in [-0.2, -0.15) is 0 Å². The van der Waals surface area contributed by atoms with Crippen molar-refractivity contribution in [2.75, 3.05) is 56.0 Å². The van der Waals surface area contributed by atoms with Crippen LogP contribution in [0.4, 0.5) is 11.4 Å². The zero-order valence-electron chi connectivity index (χ0n) is 32.4. The summed E-state index contributed by atoms with van der Waals surface area (Å²) in [7, 11) is 0. The van der Waals surface area contributed by atoms with E-state index in [1.54, 1.807) is 0 Å². The van der Waals surface area contributed by atoms with Crippen LogP contribution in [0.2, 0.25) is 0 Å². The van der Waals surface area contributed by atoms with E-state index in [-0.39, 0.29) is 29.8 Å². The number of nitrogens with zero attached hydrogens (tertiary/aromatic N) is 5. The van der Waals surface area contributed by atoms with Crippen LogP contribution in [0.15, 0.2) is 109 Å². The molecule has 8 rings (SSSR count). The zero-order valence-corrected chi connectivity index (χ0v) is 32.4. The number of nitrogens with one attached hydrogen (secondary N) is 2. The van der Waals surface area contributed by atoms with E-state index in [9.17, 15) is 14.4 Å². The van der Waals surface area contributed by atoms with Gasteiger partial charge in [0.15, 0.2) is 0 Å². The summed E-state index contributed by atoms with van der Waals surface area (Å²) in [6.45, 7) is 9.64. The van der Waals surface area contributed by atoms with Crippen molar-refractivity contribution in [3.8, 4) is 22.4 Å².